The van der Waals surface area contributed by atoms with Crippen LogP contribution in [0.4, 0.5) is 5.69 Å². The van der Waals surface area contributed by atoms with Crippen LogP contribution in [-0.4, -0.2) is 28.3 Å². The number of rotatable bonds is 4. The van der Waals surface area contributed by atoms with E-state index in [-0.39, 0.29) is 5.92 Å². The molecule has 1 saturated carbocycles. The Morgan fingerprint density at radius 2 is 2.00 bits per heavy atom. The summed E-state index contributed by atoms with van der Waals surface area (Å²) in [6, 6.07) is 5.12. The van der Waals surface area contributed by atoms with Crippen molar-refractivity contribution in [2.24, 2.45) is 5.92 Å². The summed E-state index contributed by atoms with van der Waals surface area (Å²) in [5, 5.41) is 23.6. The fourth-order valence-electron chi connectivity index (χ4n) is 2.47. The van der Waals surface area contributed by atoms with Crippen LogP contribution in [-0.2, 0) is 4.79 Å². The second kappa shape index (κ2) is 6.20. The lowest BCUT2D eigenvalue weighted by molar-refractivity contribution is -0.144. The Morgan fingerprint density at radius 3 is 2.55 bits per heavy atom. The van der Waals surface area contributed by atoms with Gasteiger partial charge in [0.15, 0.2) is 0 Å². The molecule has 110 valence electrons. The second-order valence-corrected chi connectivity index (χ2v) is 6.16. The van der Waals surface area contributed by atoms with Gasteiger partial charge in [0.2, 0.25) is 0 Å². The minimum atomic E-state index is -0.880. The number of halogens is 2. The third-order valence-corrected chi connectivity index (χ3v) is 4.35. The van der Waals surface area contributed by atoms with Gasteiger partial charge in [-0.05, 0) is 43.9 Å². The maximum atomic E-state index is 10.9. The number of hydrogen-bond acceptors (Lipinski definition) is 3. The lowest BCUT2D eigenvalue weighted by Crippen LogP contribution is -2.41. The van der Waals surface area contributed by atoms with Crippen LogP contribution in [0.2, 0.25) is 10.0 Å². The minimum absolute atomic E-state index is 0.339. The number of carbonyl (C=O) groups is 1. The number of carboxylic acids is 1. The molecule has 0 aliphatic heterocycles. The van der Waals surface area contributed by atoms with E-state index in [0.29, 0.717) is 48.0 Å². The molecule has 3 N–H and O–H groups in total. The lowest BCUT2D eigenvalue weighted by Gasteiger charge is -2.35. The molecule has 0 amide bonds. The van der Waals surface area contributed by atoms with Gasteiger partial charge in [0.1, 0.15) is 0 Å². The molecule has 20 heavy (non-hydrogen) atoms. The maximum Gasteiger partial charge on any atom is 0.306 e. The Balaban J connectivity index is 1.92. The van der Waals surface area contributed by atoms with Crippen LogP contribution >= 0.6 is 23.2 Å². The van der Waals surface area contributed by atoms with Gasteiger partial charge >= 0.3 is 5.97 Å². The normalized spacial score (nSPS) is 26.2. The molecule has 1 aliphatic rings. The van der Waals surface area contributed by atoms with Gasteiger partial charge < -0.3 is 15.5 Å². The van der Waals surface area contributed by atoms with Crippen molar-refractivity contribution in [2.45, 2.75) is 31.3 Å². The van der Waals surface area contributed by atoms with Crippen molar-refractivity contribution in [3.8, 4) is 0 Å². The first-order valence-electron chi connectivity index (χ1n) is 6.54. The molecule has 0 unspecified atom stereocenters. The van der Waals surface area contributed by atoms with Crippen LogP contribution in [0.1, 0.15) is 25.7 Å². The SMILES string of the molecule is O=C(O)C1CCC(O)(CNc2ccc(Cl)cc2Cl)CC1. The first kappa shape index (κ1) is 15.4. The molecule has 0 radical (unpaired) electrons. The van der Waals surface area contributed by atoms with E-state index in [2.05, 4.69) is 5.32 Å². The molecule has 0 bridgehead atoms. The first-order valence-corrected chi connectivity index (χ1v) is 7.29. The number of anilines is 1. The summed E-state index contributed by atoms with van der Waals surface area (Å²) >= 11 is 11.9. The number of nitrogens with one attached hydrogen (secondary N) is 1. The van der Waals surface area contributed by atoms with Gasteiger partial charge in [-0.3, -0.25) is 4.79 Å². The molecule has 1 aliphatic carbocycles. The van der Waals surface area contributed by atoms with E-state index < -0.39 is 11.6 Å². The standard InChI is InChI=1S/C14H17Cl2NO3/c15-10-1-2-12(11(16)7-10)17-8-14(20)5-3-9(4-6-14)13(18)19/h1-2,7,9,17,20H,3-6,8H2,(H,18,19). The van der Waals surface area contributed by atoms with Crippen LogP contribution in [0.15, 0.2) is 18.2 Å². The number of hydrogen-bond donors (Lipinski definition) is 3. The van der Waals surface area contributed by atoms with Crippen LogP contribution in [0.25, 0.3) is 0 Å². The largest absolute Gasteiger partial charge is 0.481 e. The van der Waals surface area contributed by atoms with E-state index in [1.807, 2.05) is 0 Å². The summed E-state index contributed by atoms with van der Waals surface area (Å²) in [6.07, 6.45) is 1.95. The van der Waals surface area contributed by atoms with Gasteiger partial charge in [0.25, 0.3) is 0 Å². The van der Waals surface area contributed by atoms with Crippen LogP contribution in [0.3, 0.4) is 0 Å². The van der Waals surface area contributed by atoms with Crippen molar-refractivity contribution in [1.82, 2.24) is 0 Å². The molecule has 1 aromatic rings. The Morgan fingerprint density at radius 1 is 1.35 bits per heavy atom. The third-order valence-electron chi connectivity index (χ3n) is 3.80. The van der Waals surface area contributed by atoms with Gasteiger partial charge in [0.05, 0.1) is 22.2 Å². The molecular formula is C14H17Cl2NO3. The van der Waals surface area contributed by atoms with E-state index in [0.717, 1.165) is 0 Å². The highest BCUT2D eigenvalue weighted by molar-refractivity contribution is 6.36. The van der Waals surface area contributed by atoms with Gasteiger partial charge in [-0.2, -0.15) is 0 Å². The van der Waals surface area contributed by atoms with Crippen LogP contribution in [0.5, 0.6) is 0 Å². The zero-order chi connectivity index (χ0) is 14.8. The van der Waals surface area contributed by atoms with Crippen molar-refractivity contribution in [1.29, 1.82) is 0 Å². The number of benzene rings is 1. The third kappa shape index (κ3) is 3.78. The van der Waals surface area contributed by atoms with E-state index >= 15 is 0 Å². The quantitative estimate of drug-likeness (QED) is 0.796. The van der Waals surface area contributed by atoms with Gasteiger partial charge in [0, 0.05) is 11.6 Å². The molecule has 0 spiro atoms. The minimum Gasteiger partial charge on any atom is -0.481 e. The monoisotopic (exact) mass is 317 g/mol. The van der Waals surface area contributed by atoms with Crippen molar-refractivity contribution in [2.75, 3.05) is 11.9 Å². The zero-order valence-electron chi connectivity index (χ0n) is 10.9. The van der Waals surface area contributed by atoms with Crippen molar-refractivity contribution in [3.05, 3.63) is 28.2 Å². The predicted octanol–water partition coefficient (Wildman–Crippen LogP) is 3.41. The molecule has 0 saturated heterocycles. The summed E-state index contributed by atoms with van der Waals surface area (Å²) in [7, 11) is 0. The van der Waals surface area contributed by atoms with Gasteiger partial charge in [-0.15, -0.1) is 0 Å². The lowest BCUT2D eigenvalue weighted by atomic mass is 9.79. The Hall–Kier alpha value is -0.970. The average Bonchev–Trinajstić information content (AvgIpc) is 2.38. The Kier molecular flexibility index (Phi) is 4.78. The molecule has 1 fully saturated rings. The smallest absolute Gasteiger partial charge is 0.306 e. The maximum absolute atomic E-state index is 10.9. The molecule has 6 heteroatoms. The van der Waals surface area contributed by atoms with Gasteiger partial charge in [-0.25, -0.2) is 0 Å². The summed E-state index contributed by atoms with van der Waals surface area (Å²) in [5.74, 6) is -1.12. The molecular weight excluding hydrogens is 301 g/mol. The van der Waals surface area contributed by atoms with Crippen molar-refractivity contribution in [3.63, 3.8) is 0 Å². The molecule has 1 aromatic carbocycles. The van der Waals surface area contributed by atoms with Crippen LogP contribution in [0, 0.1) is 5.92 Å². The van der Waals surface area contributed by atoms with Crippen LogP contribution < -0.4 is 5.32 Å². The highest BCUT2D eigenvalue weighted by Crippen LogP contribution is 2.33. The highest BCUT2D eigenvalue weighted by Gasteiger charge is 2.35. The van der Waals surface area contributed by atoms with E-state index in [4.69, 9.17) is 28.3 Å². The summed E-state index contributed by atoms with van der Waals surface area (Å²) < 4.78 is 0. The van der Waals surface area contributed by atoms with Crippen molar-refractivity contribution < 1.29 is 15.0 Å². The zero-order valence-corrected chi connectivity index (χ0v) is 12.4. The fourth-order valence-corrected chi connectivity index (χ4v) is 2.95. The Bertz CT molecular complexity index is 499. The molecule has 0 atom stereocenters. The summed E-state index contributed by atoms with van der Waals surface area (Å²) in [4.78, 5) is 10.9. The molecule has 0 heterocycles. The summed E-state index contributed by atoms with van der Waals surface area (Å²) in [5.41, 5.74) is -0.167. The number of aliphatic carboxylic acids is 1. The molecule has 4 nitrogen and oxygen atoms in total. The van der Waals surface area contributed by atoms with Gasteiger partial charge in [-0.1, -0.05) is 23.2 Å². The summed E-state index contributed by atoms with van der Waals surface area (Å²) in [6.45, 7) is 0.348. The second-order valence-electron chi connectivity index (χ2n) is 5.31. The molecule has 2 rings (SSSR count). The Labute approximate surface area is 127 Å². The fraction of sp³-hybridized carbons (Fsp3) is 0.500. The topological polar surface area (TPSA) is 69.6 Å². The highest BCUT2D eigenvalue weighted by atomic mass is 35.5. The number of aliphatic hydroxyl groups is 1. The van der Waals surface area contributed by atoms with Crippen molar-refractivity contribution >= 4 is 34.9 Å². The first-order chi connectivity index (χ1) is 9.39. The van der Waals surface area contributed by atoms with E-state index in [1.54, 1.807) is 18.2 Å². The average molecular weight is 318 g/mol. The predicted molar refractivity (Wildman–Crippen MR) is 79.5 cm³/mol. The van der Waals surface area contributed by atoms with E-state index in [1.165, 1.54) is 0 Å². The van der Waals surface area contributed by atoms with E-state index in [9.17, 15) is 9.90 Å². The molecule has 0 aromatic heterocycles. The number of carboxylic acid groups (broad SMARTS) is 1.